The Kier molecular flexibility index (Phi) is 5.44. The molecule has 0 atom stereocenters. The first-order valence-corrected chi connectivity index (χ1v) is 10.1. The van der Waals surface area contributed by atoms with E-state index in [1.807, 2.05) is 24.3 Å². The van der Waals surface area contributed by atoms with Gasteiger partial charge >= 0.3 is 0 Å². The van der Waals surface area contributed by atoms with Crippen LogP contribution in [-0.2, 0) is 10.0 Å². The predicted molar refractivity (Wildman–Crippen MR) is 100 cm³/mol. The van der Waals surface area contributed by atoms with Crippen LogP contribution in [0.3, 0.4) is 0 Å². The van der Waals surface area contributed by atoms with Crippen LogP contribution in [0, 0.1) is 0 Å². The van der Waals surface area contributed by atoms with Gasteiger partial charge in [-0.1, -0.05) is 30.3 Å². The third kappa shape index (κ3) is 3.66. The third-order valence-electron chi connectivity index (χ3n) is 4.93. The molecule has 0 bridgehead atoms. The Hall–Kier alpha value is -2.18. The topological polar surface area (TPSA) is 63.7 Å². The van der Waals surface area contributed by atoms with Gasteiger partial charge in [0.15, 0.2) is 5.78 Å². The lowest BCUT2D eigenvalue weighted by atomic mass is 9.89. The third-order valence-corrected chi connectivity index (χ3v) is 6.84. The van der Waals surface area contributed by atoms with Crippen LogP contribution in [0.4, 0.5) is 0 Å². The summed E-state index contributed by atoms with van der Waals surface area (Å²) in [5, 5.41) is 0. The minimum atomic E-state index is -3.54. The van der Waals surface area contributed by atoms with E-state index in [0.717, 1.165) is 24.2 Å². The van der Waals surface area contributed by atoms with E-state index in [-0.39, 0.29) is 16.6 Å². The largest absolute Gasteiger partial charge is 0.496 e. The number of nitrogens with zero attached hydrogens (tertiary/aromatic N) is 1. The number of hydrogen-bond acceptors (Lipinski definition) is 4. The minimum Gasteiger partial charge on any atom is -0.496 e. The van der Waals surface area contributed by atoms with E-state index >= 15 is 0 Å². The van der Waals surface area contributed by atoms with Crippen molar-refractivity contribution >= 4 is 15.8 Å². The molecule has 0 aliphatic carbocycles. The lowest BCUT2D eigenvalue weighted by Gasteiger charge is -2.32. The van der Waals surface area contributed by atoms with E-state index in [1.165, 1.54) is 23.4 Å². The first-order chi connectivity index (χ1) is 12.4. The van der Waals surface area contributed by atoms with Crippen molar-refractivity contribution in [1.82, 2.24) is 4.31 Å². The molecular weight excluding hydrogens is 350 g/mol. The fourth-order valence-electron chi connectivity index (χ4n) is 3.42. The van der Waals surface area contributed by atoms with Crippen molar-refractivity contribution in [3.05, 3.63) is 59.7 Å². The van der Waals surface area contributed by atoms with Crippen LogP contribution in [0.2, 0.25) is 0 Å². The predicted octanol–water partition coefficient (Wildman–Crippen LogP) is 3.47. The molecule has 26 heavy (non-hydrogen) atoms. The molecule has 0 aromatic heterocycles. The van der Waals surface area contributed by atoms with Crippen LogP contribution in [-0.4, -0.2) is 38.7 Å². The molecule has 1 heterocycles. The fourth-order valence-corrected chi connectivity index (χ4v) is 4.89. The van der Waals surface area contributed by atoms with Gasteiger partial charge in [0.1, 0.15) is 5.75 Å². The normalized spacial score (nSPS) is 16.4. The number of methoxy groups -OCH3 is 1. The number of rotatable bonds is 5. The van der Waals surface area contributed by atoms with Gasteiger partial charge in [-0.3, -0.25) is 4.79 Å². The summed E-state index contributed by atoms with van der Waals surface area (Å²) >= 11 is 0. The Labute approximate surface area is 154 Å². The van der Waals surface area contributed by atoms with Crippen LogP contribution in [0.5, 0.6) is 5.75 Å². The molecule has 2 aromatic rings. The van der Waals surface area contributed by atoms with Crippen molar-refractivity contribution in [2.45, 2.75) is 30.6 Å². The van der Waals surface area contributed by atoms with Gasteiger partial charge in [0.2, 0.25) is 10.0 Å². The maximum absolute atomic E-state index is 12.9. The molecule has 3 rings (SSSR count). The summed E-state index contributed by atoms with van der Waals surface area (Å²) in [6.45, 7) is 2.41. The van der Waals surface area contributed by atoms with Gasteiger partial charge in [0.05, 0.1) is 12.0 Å². The zero-order chi connectivity index (χ0) is 18.7. The minimum absolute atomic E-state index is 0.0772. The van der Waals surface area contributed by atoms with E-state index in [2.05, 4.69) is 0 Å². The summed E-state index contributed by atoms with van der Waals surface area (Å²) in [6, 6.07) is 14.1. The van der Waals surface area contributed by atoms with Gasteiger partial charge in [0, 0.05) is 18.7 Å². The van der Waals surface area contributed by atoms with Crippen LogP contribution >= 0.6 is 0 Å². The standard InChI is InChI=1S/C20H23NO4S/c1-15(22)16-7-9-18(10-8-16)26(23,24)21-13-11-17(12-14-21)19-5-3-4-6-20(19)25-2/h3-10,17H,11-14H2,1-2H3. The molecule has 1 aliphatic heterocycles. The molecule has 6 heteroatoms. The summed E-state index contributed by atoms with van der Waals surface area (Å²) in [7, 11) is -1.88. The summed E-state index contributed by atoms with van der Waals surface area (Å²) in [6.07, 6.45) is 1.51. The van der Waals surface area contributed by atoms with Gasteiger partial charge in [-0.2, -0.15) is 4.31 Å². The highest BCUT2D eigenvalue weighted by Crippen LogP contribution is 2.35. The molecule has 0 N–H and O–H groups in total. The second-order valence-electron chi connectivity index (χ2n) is 6.50. The first kappa shape index (κ1) is 18.6. The van der Waals surface area contributed by atoms with Crippen molar-refractivity contribution < 1.29 is 17.9 Å². The first-order valence-electron chi connectivity index (χ1n) is 8.67. The molecule has 0 radical (unpaired) electrons. The number of Topliss-reactive ketones (excluding diaryl/α,β-unsaturated/α-hetero) is 1. The highest BCUT2D eigenvalue weighted by Gasteiger charge is 2.30. The van der Waals surface area contributed by atoms with E-state index in [4.69, 9.17) is 4.74 Å². The summed E-state index contributed by atoms with van der Waals surface area (Å²) in [5.41, 5.74) is 1.65. The smallest absolute Gasteiger partial charge is 0.243 e. The Balaban J connectivity index is 1.73. The molecule has 138 valence electrons. The van der Waals surface area contributed by atoms with E-state index in [0.29, 0.717) is 18.7 Å². The van der Waals surface area contributed by atoms with Gasteiger partial charge in [-0.05, 0) is 49.4 Å². The Morgan fingerprint density at radius 3 is 2.23 bits per heavy atom. The second kappa shape index (κ2) is 7.60. The zero-order valence-electron chi connectivity index (χ0n) is 15.0. The number of ether oxygens (including phenoxy) is 1. The lowest BCUT2D eigenvalue weighted by Crippen LogP contribution is -2.37. The summed E-state index contributed by atoms with van der Waals surface area (Å²) in [5.74, 6) is 1.07. The SMILES string of the molecule is COc1ccccc1C1CCN(S(=O)(=O)c2ccc(C(C)=O)cc2)CC1. The van der Waals surface area contributed by atoms with Crippen molar-refractivity contribution in [2.24, 2.45) is 0 Å². The number of piperidine rings is 1. The average Bonchev–Trinajstić information content (AvgIpc) is 2.68. The van der Waals surface area contributed by atoms with Crippen LogP contribution in [0.15, 0.2) is 53.4 Å². The molecule has 2 aromatic carbocycles. The monoisotopic (exact) mass is 373 g/mol. The number of ketones is 1. The van der Waals surface area contributed by atoms with Gasteiger partial charge < -0.3 is 4.74 Å². The molecule has 0 unspecified atom stereocenters. The molecule has 0 spiro atoms. The second-order valence-corrected chi connectivity index (χ2v) is 8.44. The molecular formula is C20H23NO4S. The number of para-hydroxylation sites is 1. The number of hydrogen-bond donors (Lipinski definition) is 0. The van der Waals surface area contributed by atoms with E-state index in [1.54, 1.807) is 19.2 Å². The highest BCUT2D eigenvalue weighted by atomic mass is 32.2. The van der Waals surface area contributed by atoms with Crippen molar-refractivity contribution in [1.29, 1.82) is 0 Å². The number of carbonyl (C=O) groups excluding carboxylic acids is 1. The van der Waals surface area contributed by atoms with Crippen molar-refractivity contribution in [3.8, 4) is 5.75 Å². The Bertz CT molecular complexity index is 882. The summed E-state index contributed by atoms with van der Waals surface area (Å²) < 4.78 is 32.7. The maximum atomic E-state index is 12.9. The molecule has 1 fully saturated rings. The Morgan fingerprint density at radius 2 is 1.65 bits per heavy atom. The number of benzene rings is 2. The molecule has 0 amide bonds. The number of sulfonamides is 1. The maximum Gasteiger partial charge on any atom is 0.243 e. The Morgan fingerprint density at radius 1 is 1.04 bits per heavy atom. The van der Waals surface area contributed by atoms with Gasteiger partial charge in [0.25, 0.3) is 0 Å². The van der Waals surface area contributed by atoms with Gasteiger partial charge in [-0.25, -0.2) is 8.42 Å². The van der Waals surface area contributed by atoms with Crippen LogP contribution < -0.4 is 4.74 Å². The lowest BCUT2D eigenvalue weighted by molar-refractivity contribution is 0.101. The van der Waals surface area contributed by atoms with E-state index < -0.39 is 10.0 Å². The molecule has 1 aliphatic rings. The van der Waals surface area contributed by atoms with E-state index in [9.17, 15) is 13.2 Å². The molecule has 0 saturated carbocycles. The van der Waals surface area contributed by atoms with Crippen LogP contribution in [0.25, 0.3) is 0 Å². The molecule has 1 saturated heterocycles. The quantitative estimate of drug-likeness (QED) is 0.753. The zero-order valence-corrected chi connectivity index (χ0v) is 15.8. The average molecular weight is 373 g/mol. The van der Waals surface area contributed by atoms with Gasteiger partial charge in [-0.15, -0.1) is 0 Å². The fraction of sp³-hybridized carbons (Fsp3) is 0.350. The molecule has 5 nitrogen and oxygen atoms in total. The highest BCUT2D eigenvalue weighted by molar-refractivity contribution is 7.89. The van der Waals surface area contributed by atoms with Crippen molar-refractivity contribution in [3.63, 3.8) is 0 Å². The van der Waals surface area contributed by atoms with Crippen molar-refractivity contribution in [2.75, 3.05) is 20.2 Å². The number of carbonyl (C=O) groups is 1. The summed E-state index contributed by atoms with van der Waals surface area (Å²) in [4.78, 5) is 11.6. The van der Waals surface area contributed by atoms with Crippen LogP contribution in [0.1, 0.15) is 41.6 Å².